The summed E-state index contributed by atoms with van der Waals surface area (Å²) in [7, 11) is 1.78. The molecule has 1 aromatic carbocycles. The average Bonchev–Trinajstić information content (AvgIpc) is 2.89. The van der Waals surface area contributed by atoms with Crippen molar-refractivity contribution in [2.45, 2.75) is 38.4 Å². The van der Waals surface area contributed by atoms with E-state index >= 15 is 0 Å². The van der Waals surface area contributed by atoms with Crippen molar-refractivity contribution in [1.82, 2.24) is 10.3 Å². The summed E-state index contributed by atoms with van der Waals surface area (Å²) >= 11 is 0. The number of nitrogens with zero attached hydrogens (tertiary/aromatic N) is 2. The van der Waals surface area contributed by atoms with Crippen molar-refractivity contribution >= 4 is 17.1 Å². The molecule has 2 aromatic rings. The molecule has 144 valence electrons. The number of hydrogen-bond acceptors (Lipinski definition) is 4. The fraction of sp³-hybridized carbons (Fsp3) is 0.450. The van der Waals surface area contributed by atoms with Gasteiger partial charge in [0.25, 0.3) is 0 Å². The molecule has 27 heavy (non-hydrogen) atoms. The van der Waals surface area contributed by atoms with E-state index in [1.807, 2.05) is 36.9 Å². The van der Waals surface area contributed by atoms with E-state index in [1.165, 1.54) is 6.07 Å². The summed E-state index contributed by atoms with van der Waals surface area (Å²) in [6.45, 7) is 5.27. The SMILES string of the molecule is Cc1ccc(Nc2cc3c(c(C(F)(F)F)c2)N(C)[C@@H]2CCNC[C@H]32)c(C)n1. The molecule has 0 bridgehead atoms. The maximum absolute atomic E-state index is 13.9. The zero-order chi connectivity index (χ0) is 19.3. The van der Waals surface area contributed by atoms with E-state index < -0.39 is 11.7 Å². The van der Waals surface area contributed by atoms with E-state index in [9.17, 15) is 13.2 Å². The van der Waals surface area contributed by atoms with Crippen molar-refractivity contribution in [1.29, 1.82) is 0 Å². The number of nitrogens with one attached hydrogen (secondary N) is 2. The average molecular weight is 376 g/mol. The number of anilines is 3. The van der Waals surface area contributed by atoms with Crippen LogP contribution in [0, 0.1) is 13.8 Å². The van der Waals surface area contributed by atoms with E-state index in [1.54, 1.807) is 7.05 Å². The van der Waals surface area contributed by atoms with Crippen LogP contribution in [0.1, 0.15) is 34.9 Å². The standard InChI is InChI=1S/C20H23F3N4/c1-11-4-5-17(12(2)25-11)26-13-8-14-15-10-24-7-6-18(15)27(3)19(14)16(9-13)20(21,22)23/h4-5,8-9,15,18,24,26H,6-7,10H2,1-3H3/t15-,18-/m1/s1. The summed E-state index contributed by atoms with van der Waals surface area (Å²) in [5.41, 5.74) is 3.33. The zero-order valence-corrected chi connectivity index (χ0v) is 15.6. The van der Waals surface area contributed by atoms with Crippen LogP contribution in [0.5, 0.6) is 0 Å². The lowest BCUT2D eigenvalue weighted by molar-refractivity contribution is -0.137. The second kappa shape index (κ2) is 6.41. The van der Waals surface area contributed by atoms with Crippen LogP contribution in [-0.4, -0.2) is 31.2 Å². The minimum Gasteiger partial charge on any atom is -0.370 e. The smallest absolute Gasteiger partial charge is 0.370 e. The highest BCUT2D eigenvalue weighted by Crippen LogP contribution is 2.50. The lowest BCUT2D eigenvalue weighted by atomic mass is 9.89. The van der Waals surface area contributed by atoms with Gasteiger partial charge in [-0.05, 0) is 56.6 Å². The van der Waals surface area contributed by atoms with Gasteiger partial charge >= 0.3 is 6.18 Å². The first-order valence-electron chi connectivity index (χ1n) is 9.15. The summed E-state index contributed by atoms with van der Waals surface area (Å²) in [5.74, 6) is 0.0684. The summed E-state index contributed by atoms with van der Waals surface area (Å²) in [6, 6.07) is 6.91. The number of pyridine rings is 1. The van der Waals surface area contributed by atoms with Crippen LogP contribution in [0.4, 0.5) is 30.2 Å². The van der Waals surface area contributed by atoms with Gasteiger partial charge in [-0.3, -0.25) is 4.98 Å². The monoisotopic (exact) mass is 376 g/mol. The molecule has 1 aromatic heterocycles. The first kappa shape index (κ1) is 18.1. The molecule has 4 nitrogen and oxygen atoms in total. The van der Waals surface area contributed by atoms with E-state index in [2.05, 4.69) is 15.6 Å². The Morgan fingerprint density at radius 1 is 1.22 bits per heavy atom. The number of aromatic nitrogens is 1. The van der Waals surface area contributed by atoms with Crippen LogP contribution < -0.4 is 15.5 Å². The number of alkyl halides is 3. The number of halogens is 3. The van der Waals surface area contributed by atoms with Crippen molar-refractivity contribution in [2.75, 3.05) is 30.4 Å². The third kappa shape index (κ3) is 3.14. The number of piperidine rings is 1. The normalized spacial score (nSPS) is 21.8. The highest BCUT2D eigenvalue weighted by Gasteiger charge is 2.45. The minimum atomic E-state index is -4.41. The largest absolute Gasteiger partial charge is 0.418 e. The van der Waals surface area contributed by atoms with Crippen LogP contribution in [0.25, 0.3) is 0 Å². The molecular weight excluding hydrogens is 353 g/mol. The van der Waals surface area contributed by atoms with Crippen LogP contribution in [0.2, 0.25) is 0 Å². The van der Waals surface area contributed by atoms with Gasteiger partial charge in [0.05, 0.1) is 22.6 Å². The predicted octanol–water partition coefficient (Wildman–Crippen LogP) is 4.36. The second-order valence-electron chi connectivity index (χ2n) is 7.45. The quantitative estimate of drug-likeness (QED) is 0.817. The van der Waals surface area contributed by atoms with Gasteiger partial charge in [0.1, 0.15) is 0 Å². The Labute approximate surface area is 156 Å². The van der Waals surface area contributed by atoms with E-state index in [4.69, 9.17) is 0 Å². The predicted molar refractivity (Wildman–Crippen MR) is 101 cm³/mol. The molecule has 1 saturated heterocycles. The summed E-state index contributed by atoms with van der Waals surface area (Å²) in [4.78, 5) is 6.21. The van der Waals surface area contributed by atoms with Crippen LogP contribution >= 0.6 is 0 Å². The van der Waals surface area contributed by atoms with Crippen molar-refractivity contribution < 1.29 is 13.2 Å². The topological polar surface area (TPSA) is 40.2 Å². The van der Waals surface area contributed by atoms with Crippen molar-refractivity contribution in [3.8, 4) is 0 Å². The van der Waals surface area contributed by atoms with Crippen molar-refractivity contribution in [3.63, 3.8) is 0 Å². The van der Waals surface area contributed by atoms with Crippen molar-refractivity contribution in [2.24, 2.45) is 0 Å². The summed E-state index contributed by atoms with van der Waals surface area (Å²) < 4.78 is 41.6. The molecule has 0 amide bonds. The van der Waals surface area contributed by atoms with Gasteiger partial charge in [0, 0.05) is 36.9 Å². The molecule has 0 radical (unpaired) electrons. The van der Waals surface area contributed by atoms with Crippen molar-refractivity contribution in [3.05, 3.63) is 46.8 Å². The lowest BCUT2D eigenvalue weighted by Crippen LogP contribution is -2.42. The Bertz CT molecular complexity index is 878. The summed E-state index contributed by atoms with van der Waals surface area (Å²) in [5, 5.41) is 6.47. The first-order chi connectivity index (χ1) is 12.8. The van der Waals surface area contributed by atoms with Gasteiger partial charge < -0.3 is 15.5 Å². The number of fused-ring (bicyclic) bond motifs is 3. The second-order valence-corrected chi connectivity index (χ2v) is 7.45. The lowest BCUT2D eigenvalue weighted by Gasteiger charge is -2.31. The van der Waals surface area contributed by atoms with Gasteiger partial charge in [0.15, 0.2) is 0 Å². The van der Waals surface area contributed by atoms with E-state index in [-0.39, 0.29) is 12.0 Å². The fourth-order valence-corrected chi connectivity index (χ4v) is 4.39. The summed E-state index contributed by atoms with van der Waals surface area (Å²) in [6.07, 6.45) is -3.56. The number of benzene rings is 1. The molecule has 3 heterocycles. The Morgan fingerprint density at radius 3 is 2.70 bits per heavy atom. The molecule has 0 aliphatic carbocycles. The molecule has 2 aliphatic heterocycles. The van der Waals surface area contributed by atoms with Gasteiger partial charge in [0.2, 0.25) is 0 Å². The Hall–Kier alpha value is -2.28. The maximum atomic E-state index is 13.9. The molecule has 2 atom stereocenters. The minimum absolute atomic E-state index is 0.0684. The molecular formula is C20H23F3N4. The Morgan fingerprint density at radius 2 is 2.00 bits per heavy atom. The van der Waals surface area contributed by atoms with Crippen LogP contribution in [0.15, 0.2) is 24.3 Å². The molecule has 0 unspecified atom stereocenters. The van der Waals surface area contributed by atoms with E-state index in [0.717, 1.165) is 35.6 Å². The molecule has 0 saturated carbocycles. The Kier molecular flexibility index (Phi) is 4.29. The maximum Gasteiger partial charge on any atom is 0.418 e. The highest BCUT2D eigenvalue weighted by atomic mass is 19.4. The third-order valence-corrected chi connectivity index (χ3v) is 5.64. The van der Waals surface area contributed by atoms with Gasteiger partial charge in [-0.1, -0.05) is 0 Å². The van der Waals surface area contributed by atoms with E-state index in [0.29, 0.717) is 17.9 Å². The number of aryl methyl sites for hydroxylation is 2. The molecule has 7 heteroatoms. The third-order valence-electron chi connectivity index (χ3n) is 5.64. The highest BCUT2D eigenvalue weighted by molar-refractivity contribution is 5.74. The molecule has 1 fully saturated rings. The Balaban J connectivity index is 1.81. The molecule has 4 rings (SSSR count). The number of hydrogen-bond donors (Lipinski definition) is 2. The zero-order valence-electron chi connectivity index (χ0n) is 15.6. The number of likely N-dealkylation sites (N-methyl/N-ethyl adjacent to an activating group) is 1. The van der Waals surface area contributed by atoms with Gasteiger partial charge in [-0.15, -0.1) is 0 Å². The van der Waals surface area contributed by atoms with Crippen LogP contribution in [0.3, 0.4) is 0 Å². The molecule has 0 spiro atoms. The molecule has 2 N–H and O–H groups in total. The van der Waals surface area contributed by atoms with Gasteiger partial charge in [-0.2, -0.15) is 13.2 Å². The van der Waals surface area contributed by atoms with Gasteiger partial charge in [-0.25, -0.2) is 0 Å². The number of rotatable bonds is 2. The van der Waals surface area contributed by atoms with Crippen LogP contribution in [-0.2, 0) is 6.18 Å². The molecule has 2 aliphatic rings. The first-order valence-corrected chi connectivity index (χ1v) is 9.15. The fourth-order valence-electron chi connectivity index (χ4n) is 4.39.